The fourth-order valence-electron chi connectivity index (χ4n) is 1.42. The van der Waals surface area contributed by atoms with E-state index in [0.29, 0.717) is 18.4 Å². The summed E-state index contributed by atoms with van der Waals surface area (Å²) in [5, 5.41) is 0. The number of rotatable bonds is 7. The van der Waals surface area contributed by atoms with Crippen LogP contribution < -0.4 is 0 Å². The quantitative estimate of drug-likeness (QED) is 0.457. The summed E-state index contributed by atoms with van der Waals surface area (Å²) in [4.78, 5) is 18.9. The van der Waals surface area contributed by atoms with E-state index in [-0.39, 0.29) is 6.61 Å². The number of ether oxygens (including phenoxy) is 1. The van der Waals surface area contributed by atoms with Crippen LogP contribution in [0.4, 0.5) is 0 Å². The molecule has 0 saturated heterocycles. The van der Waals surface area contributed by atoms with Crippen LogP contribution in [-0.2, 0) is 29.0 Å². The number of allylic oxidation sites excluding steroid dienone is 2. The van der Waals surface area contributed by atoms with Gasteiger partial charge in [0.15, 0.2) is 0 Å². The molecule has 1 aromatic heterocycles. The predicted molar refractivity (Wildman–Crippen MR) is 71.0 cm³/mol. The second-order valence-electron chi connectivity index (χ2n) is 3.95. The zero-order chi connectivity index (χ0) is 13.5. The molecule has 0 aliphatic heterocycles. The van der Waals surface area contributed by atoms with E-state index in [1.54, 1.807) is 19.1 Å². The first kappa shape index (κ1) is 14.0. The van der Waals surface area contributed by atoms with E-state index in [2.05, 4.69) is 29.7 Å². The van der Waals surface area contributed by atoms with Crippen molar-refractivity contribution in [1.29, 1.82) is 0 Å². The van der Waals surface area contributed by atoms with Crippen LogP contribution in [0.5, 0.6) is 0 Å². The lowest BCUT2D eigenvalue weighted by Gasteiger charge is -2.03. The lowest BCUT2D eigenvalue weighted by molar-refractivity contribution is -0.140. The minimum Gasteiger partial charge on any atom is -0.456 e. The SMILES string of the molecule is C=CCc1nc(CC=C)c(COC(=O)C(=C)C)[nH]1. The van der Waals surface area contributed by atoms with Crippen molar-refractivity contribution >= 4 is 5.97 Å². The average Bonchev–Trinajstić information content (AvgIpc) is 2.69. The van der Waals surface area contributed by atoms with E-state index in [0.717, 1.165) is 17.2 Å². The smallest absolute Gasteiger partial charge is 0.333 e. The van der Waals surface area contributed by atoms with Crippen molar-refractivity contribution in [2.75, 3.05) is 0 Å². The number of aromatic nitrogens is 2. The summed E-state index contributed by atoms with van der Waals surface area (Å²) in [6, 6.07) is 0. The number of imidazole rings is 1. The molecule has 0 saturated carbocycles. The fourth-order valence-corrected chi connectivity index (χ4v) is 1.42. The molecule has 1 rings (SSSR count). The van der Waals surface area contributed by atoms with Gasteiger partial charge in [0, 0.05) is 18.4 Å². The molecule has 0 spiro atoms. The van der Waals surface area contributed by atoms with Crippen molar-refractivity contribution < 1.29 is 9.53 Å². The van der Waals surface area contributed by atoms with Crippen molar-refractivity contribution in [2.45, 2.75) is 26.4 Å². The Labute approximate surface area is 107 Å². The van der Waals surface area contributed by atoms with Crippen molar-refractivity contribution in [1.82, 2.24) is 9.97 Å². The van der Waals surface area contributed by atoms with Crippen LogP contribution in [0.15, 0.2) is 37.5 Å². The van der Waals surface area contributed by atoms with Crippen LogP contribution in [0.3, 0.4) is 0 Å². The summed E-state index contributed by atoms with van der Waals surface area (Å²) < 4.78 is 5.10. The van der Waals surface area contributed by atoms with E-state index in [1.165, 1.54) is 0 Å². The van der Waals surface area contributed by atoms with E-state index in [9.17, 15) is 4.79 Å². The summed E-state index contributed by atoms with van der Waals surface area (Å²) in [6.07, 6.45) is 4.81. The molecule has 0 aliphatic rings. The second kappa shape index (κ2) is 6.59. The topological polar surface area (TPSA) is 55.0 Å². The number of nitrogens with one attached hydrogen (secondary N) is 1. The Kier molecular flexibility index (Phi) is 5.11. The number of carbonyl (C=O) groups is 1. The number of hydrogen-bond acceptors (Lipinski definition) is 3. The van der Waals surface area contributed by atoms with Gasteiger partial charge in [-0.05, 0) is 6.92 Å². The first-order valence-corrected chi connectivity index (χ1v) is 5.69. The molecule has 1 heterocycles. The predicted octanol–water partition coefficient (Wildman–Crippen LogP) is 2.49. The summed E-state index contributed by atoms with van der Waals surface area (Å²) in [7, 11) is 0. The lowest BCUT2D eigenvalue weighted by atomic mass is 10.2. The Bertz CT molecular complexity index is 472. The van der Waals surface area contributed by atoms with Gasteiger partial charge in [0.05, 0.1) is 11.4 Å². The third-order valence-corrected chi connectivity index (χ3v) is 2.28. The van der Waals surface area contributed by atoms with Crippen LogP contribution >= 0.6 is 0 Å². The molecule has 0 amide bonds. The van der Waals surface area contributed by atoms with Gasteiger partial charge in [-0.25, -0.2) is 9.78 Å². The Balaban J connectivity index is 2.78. The molecule has 4 heteroatoms. The number of hydrogen-bond donors (Lipinski definition) is 1. The van der Waals surface area contributed by atoms with E-state index in [4.69, 9.17) is 4.74 Å². The van der Waals surface area contributed by atoms with Crippen molar-refractivity contribution in [3.8, 4) is 0 Å². The van der Waals surface area contributed by atoms with Crippen LogP contribution in [0, 0.1) is 0 Å². The Hall–Kier alpha value is -2.10. The largest absolute Gasteiger partial charge is 0.456 e. The molecule has 0 atom stereocenters. The Morgan fingerprint density at radius 3 is 2.61 bits per heavy atom. The van der Waals surface area contributed by atoms with Gasteiger partial charge in [0.25, 0.3) is 0 Å². The van der Waals surface area contributed by atoms with Gasteiger partial charge in [-0.1, -0.05) is 18.7 Å². The van der Waals surface area contributed by atoms with Gasteiger partial charge in [0.2, 0.25) is 0 Å². The molecule has 0 fully saturated rings. The highest BCUT2D eigenvalue weighted by Crippen LogP contribution is 2.11. The van der Waals surface area contributed by atoms with Crippen LogP contribution in [0.1, 0.15) is 24.1 Å². The first-order chi connectivity index (χ1) is 8.58. The van der Waals surface area contributed by atoms with Gasteiger partial charge >= 0.3 is 5.97 Å². The maximum atomic E-state index is 11.3. The lowest BCUT2D eigenvalue weighted by Crippen LogP contribution is -2.06. The molecule has 0 radical (unpaired) electrons. The van der Waals surface area contributed by atoms with Gasteiger partial charge in [-0.15, -0.1) is 13.2 Å². The number of carbonyl (C=O) groups excluding carboxylic acids is 1. The maximum Gasteiger partial charge on any atom is 0.333 e. The summed E-state index contributed by atoms with van der Waals surface area (Å²) in [5.41, 5.74) is 2.02. The molecule has 0 aromatic carbocycles. The minimum absolute atomic E-state index is 0.166. The van der Waals surface area contributed by atoms with Crippen LogP contribution in [-0.4, -0.2) is 15.9 Å². The van der Waals surface area contributed by atoms with Crippen molar-refractivity contribution in [3.05, 3.63) is 54.7 Å². The fraction of sp³-hybridized carbons (Fsp3) is 0.286. The number of aromatic amines is 1. The molecule has 0 aliphatic carbocycles. The summed E-state index contributed by atoms with van der Waals surface area (Å²) in [5.74, 6) is 0.405. The van der Waals surface area contributed by atoms with Gasteiger partial charge in [0.1, 0.15) is 12.4 Å². The summed E-state index contributed by atoms with van der Waals surface area (Å²) >= 11 is 0. The second-order valence-corrected chi connectivity index (χ2v) is 3.95. The monoisotopic (exact) mass is 246 g/mol. The van der Waals surface area contributed by atoms with Crippen molar-refractivity contribution in [2.24, 2.45) is 0 Å². The Morgan fingerprint density at radius 2 is 2.06 bits per heavy atom. The molecule has 0 bridgehead atoms. The maximum absolute atomic E-state index is 11.3. The number of esters is 1. The molecule has 18 heavy (non-hydrogen) atoms. The third kappa shape index (κ3) is 3.73. The number of nitrogens with zero attached hydrogens (tertiary/aromatic N) is 1. The van der Waals surface area contributed by atoms with Gasteiger partial charge in [-0.2, -0.15) is 0 Å². The average molecular weight is 246 g/mol. The molecular formula is C14H18N2O2. The molecule has 1 N–H and O–H groups in total. The standard InChI is InChI=1S/C14H18N2O2/c1-5-7-11-12(9-18-14(17)10(3)4)16-13(15-11)8-6-2/h5-6H,1-3,7-9H2,4H3,(H,15,16). The highest BCUT2D eigenvalue weighted by molar-refractivity contribution is 5.86. The minimum atomic E-state index is -0.403. The van der Waals surface area contributed by atoms with Crippen LogP contribution in [0.2, 0.25) is 0 Å². The van der Waals surface area contributed by atoms with Gasteiger partial charge < -0.3 is 9.72 Å². The molecule has 96 valence electrons. The highest BCUT2D eigenvalue weighted by atomic mass is 16.5. The van der Waals surface area contributed by atoms with E-state index < -0.39 is 5.97 Å². The van der Waals surface area contributed by atoms with Crippen molar-refractivity contribution in [3.63, 3.8) is 0 Å². The zero-order valence-electron chi connectivity index (χ0n) is 10.7. The third-order valence-electron chi connectivity index (χ3n) is 2.28. The molecule has 0 unspecified atom stereocenters. The molecular weight excluding hydrogens is 228 g/mol. The first-order valence-electron chi connectivity index (χ1n) is 5.69. The Morgan fingerprint density at radius 1 is 1.39 bits per heavy atom. The van der Waals surface area contributed by atoms with E-state index >= 15 is 0 Å². The summed E-state index contributed by atoms with van der Waals surface area (Å²) in [6.45, 7) is 12.7. The van der Waals surface area contributed by atoms with Crippen LogP contribution in [0.25, 0.3) is 0 Å². The molecule has 4 nitrogen and oxygen atoms in total. The van der Waals surface area contributed by atoms with E-state index in [1.807, 2.05) is 0 Å². The number of H-pyrrole nitrogens is 1. The zero-order valence-corrected chi connectivity index (χ0v) is 10.7. The van der Waals surface area contributed by atoms with Gasteiger partial charge in [-0.3, -0.25) is 0 Å². The normalized spacial score (nSPS) is 9.83. The highest BCUT2D eigenvalue weighted by Gasteiger charge is 2.11. The molecule has 1 aromatic rings.